The fourth-order valence-electron chi connectivity index (χ4n) is 3.95. The molecular formula is C19H20N2O2S2. The second-order valence-electron chi connectivity index (χ2n) is 6.66. The van der Waals surface area contributed by atoms with Crippen molar-refractivity contribution in [2.24, 2.45) is 0 Å². The molecular weight excluding hydrogens is 352 g/mol. The number of fused-ring (bicyclic) bond motifs is 1. The van der Waals surface area contributed by atoms with Gasteiger partial charge in [0.25, 0.3) is 11.8 Å². The quantitative estimate of drug-likeness (QED) is 0.595. The SMILES string of the molecule is CCCN1C(=O)C(=C2SC(=S)N(C3CCCC3)C2=O)c2ccccc21. The summed E-state index contributed by atoms with van der Waals surface area (Å²) in [6.45, 7) is 2.70. The van der Waals surface area contributed by atoms with Gasteiger partial charge in [-0.3, -0.25) is 14.5 Å². The minimum absolute atomic E-state index is 0.0741. The van der Waals surface area contributed by atoms with Crippen LogP contribution in [0.3, 0.4) is 0 Å². The highest BCUT2D eigenvalue weighted by Gasteiger charge is 2.44. The average molecular weight is 373 g/mol. The third kappa shape index (κ3) is 2.62. The Labute approximate surface area is 157 Å². The molecule has 0 spiro atoms. The Kier molecular flexibility index (Phi) is 4.41. The van der Waals surface area contributed by atoms with Crippen molar-refractivity contribution in [2.45, 2.75) is 45.1 Å². The first-order valence-corrected chi connectivity index (χ1v) is 10.1. The topological polar surface area (TPSA) is 40.6 Å². The average Bonchev–Trinajstić information content (AvgIpc) is 3.28. The van der Waals surface area contributed by atoms with Crippen LogP contribution in [-0.4, -0.2) is 33.6 Å². The lowest BCUT2D eigenvalue weighted by Gasteiger charge is -2.22. The summed E-state index contributed by atoms with van der Waals surface area (Å²) in [7, 11) is 0. The number of thioether (sulfide) groups is 1. The molecule has 4 rings (SSSR count). The molecule has 0 N–H and O–H groups in total. The predicted octanol–water partition coefficient (Wildman–Crippen LogP) is 3.96. The van der Waals surface area contributed by atoms with E-state index in [1.807, 2.05) is 31.2 Å². The van der Waals surface area contributed by atoms with Gasteiger partial charge in [-0.25, -0.2) is 0 Å². The zero-order chi connectivity index (χ0) is 17.6. The van der Waals surface area contributed by atoms with Gasteiger partial charge in [-0.15, -0.1) is 0 Å². The number of nitrogens with zero attached hydrogens (tertiary/aromatic N) is 2. The van der Waals surface area contributed by atoms with Gasteiger partial charge in [0.2, 0.25) is 0 Å². The maximum absolute atomic E-state index is 13.1. The Hall–Kier alpha value is -1.66. The van der Waals surface area contributed by atoms with Crippen molar-refractivity contribution >= 4 is 51.4 Å². The summed E-state index contributed by atoms with van der Waals surface area (Å²) in [5.74, 6) is -0.159. The fraction of sp³-hybridized carbons (Fsp3) is 0.421. The molecule has 0 radical (unpaired) electrons. The van der Waals surface area contributed by atoms with Crippen molar-refractivity contribution in [3.8, 4) is 0 Å². The van der Waals surface area contributed by atoms with Crippen LogP contribution in [-0.2, 0) is 9.59 Å². The van der Waals surface area contributed by atoms with Crippen LogP contribution in [0.4, 0.5) is 5.69 Å². The number of rotatable bonds is 3. The zero-order valence-electron chi connectivity index (χ0n) is 14.2. The lowest BCUT2D eigenvalue weighted by molar-refractivity contribution is -0.123. The minimum Gasteiger partial charge on any atom is -0.308 e. The molecule has 0 atom stereocenters. The Bertz CT molecular complexity index is 796. The van der Waals surface area contributed by atoms with E-state index < -0.39 is 0 Å². The molecule has 0 aromatic heterocycles. The van der Waals surface area contributed by atoms with Crippen LogP contribution in [0.2, 0.25) is 0 Å². The van der Waals surface area contributed by atoms with Crippen molar-refractivity contribution in [1.29, 1.82) is 0 Å². The lowest BCUT2D eigenvalue weighted by atomic mass is 10.1. The molecule has 1 aromatic carbocycles. The minimum atomic E-state index is -0.0848. The van der Waals surface area contributed by atoms with Gasteiger partial charge in [0.05, 0.1) is 16.2 Å². The summed E-state index contributed by atoms with van der Waals surface area (Å²) >= 11 is 6.79. The van der Waals surface area contributed by atoms with Gasteiger partial charge >= 0.3 is 0 Å². The molecule has 2 aliphatic heterocycles. The molecule has 4 nitrogen and oxygen atoms in total. The number of hydrogen-bond acceptors (Lipinski definition) is 4. The molecule has 2 amide bonds. The van der Waals surface area contributed by atoms with E-state index in [4.69, 9.17) is 12.2 Å². The number of para-hydroxylation sites is 1. The first kappa shape index (κ1) is 16.8. The molecule has 2 heterocycles. The maximum Gasteiger partial charge on any atom is 0.267 e. The maximum atomic E-state index is 13.1. The van der Waals surface area contributed by atoms with Gasteiger partial charge in [0, 0.05) is 18.2 Å². The molecule has 1 saturated carbocycles. The van der Waals surface area contributed by atoms with Crippen LogP contribution in [0, 0.1) is 0 Å². The summed E-state index contributed by atoms with van der Waals surface area (Å²) in [4.78, 5) is 30.2. The number of benzene rings is 1. The Morgan fingerprint density at radius 1 is 1.16 bits per heavy atom. The Morgan fingerprint density at radius 2 is 1.88 bits per heavy atom. The van der Waals surface area contributed by atoms with Gasteiger partial charge in [-0.1, -0.05) is 61.9 Å². The number of anilines is 1. The summed E-state index contributed by atoms with van der Waals surface area (Å²) in [6, 6.07) is 7.93. The predicted molar refractivity (Wildman–Crippen MR) is 105 cm³/mol. The molecule has 1 saturated heterocycles. The monoisotopic (exact) mass is 372 g/mol. The van der Waals surface area contributed by atoms with Crippen molar-refractivity contribution in [3.05, 3.63) is 34.7 Å². The van der Waals surface area contributed by atoms with Crippen molar-refractivity contribution in [2.75, 3.05) is 11.4 Å². The van der Waals surface area contributed by atoms with E-state index in [-0.39, 0.29) is 17.9 Å². The van der Waals surface area contributed by atoms with Gasteiger partial charge in [-0.2, -0.15) is 0 Å². The second kappa shape index (κ2) is 6.57. The molecule has 25 heavy (non-hydrogen) atoms. The summed E-state index contributed by atoms with van der Waals surface area (Å²) in [5.41, 5.74) is 2.28. The van der Waals surface area contributed by atoms with Crippen LogP contribution in [0.1, 0.15) is 44.6 Å². The molecule has 3 aliphatic rings. The van der Waals surface area contributed by atoms with Gasteiger partial charge in [0.15, 0.2) is 0 Å². The van der Waals surface area contributed by atoms with Gasteiger partial charge in [-0.05, 0) is 25.3 Å². The van der Waals surface area contributed by atoms with Crippen LogP contribution < -0.4 is 4.90 Å². The standard InChI is InChI=1S/C19H20N2O2S2/c1-2-11-20-14-10-6-5-9-13(14)15(17(20)22)16-18(23)21(19(24)25-16)12-7-3-4-8-12/h5-6,9-10,12H,2-4,7-8,11H2,1H3. The smallest absolute Gasteiger partial charge is 0.267 e. The van der Waals surface area contributed by atoms with Gasteiger partial charge in [0.1, 0.15) is 4.32 Å². The van der Waals surface area contributed by atoms with Crippen molar-refractivity contribution in [3.63, 3.8) is 0 Å². The van der Waals surface area contributed by atoms with Crippen LogP contribution in [0.15, 0.2) is 29.2 Å². The van der Waals surface area contributed by atoms with Crippen LogP contribution in [0.5, 0.6) is 0 Å². The zero-order valence-corrected chi connectivity index (χ0v) is 15.8. The number of carbonyl (C=O) groups is 2. The van der Waals surface area contributed by atoms with Crippen LogP contribution in [0.25, 0.3) is 5.57 Å². The van der Waals surface area contributed by atoms with E-state index in [1.165, 1.54) is 11.8 Å². The molecule has 2 fully saturated rings. The normalized spacial score (nSPS) is 24.0. The number of thiocarbonyl (C=S) groups is 1. The van der Waals surface area contributed by atoms with Gasteiger partial charge < -0.3 is 4.90 Å². The fourth-order valence-corrected chi connectivity index (χ4v) is 5.42. The molecule has 0 unspecified atom stereocenters. The van der Waals surface area contributed by atoms with E-state index in [0.29, 0.717) is 21.3 Å². The van der Waals surface area contributed by atoms with E-state index in [1.54, 1.807) is 9.80 Å². The first-order chi connectivity index (χ1) is 12.1. The molecule has 130 valence electrons. The third-order valence-electron chi connectivity index (χ3n) is 5.09. The van der Waals surface area contributed by atoms with E-state index >= 15 is 0 Å². The van der Waals surface area contributed by atoms with E-state index in [0.717, 1.165) is 43.4 Å². The first-order valence-electron chi connectivity index (χ1n) is 8.84. The summed E-state index contributed by atoms with van der Waals surface area (Å²) in [5, 5.41) is 0. The summed E-state index contributed by atoms with van der Waals surface area (Å²) < 4.78 is 0.596. The molecule has 1 aromatic rings. The highest BCUT2D eigenvalue weighted by molar-refractivity contribution is 8.26. The molecule has 6 heteroatoms. The Morgan fingerprint density at radius 3 is 2.60 bits per heavy atom. The molecule has 1 aliphatic carbocycles. The largest absolute Gasteiger partial charge is 0.308 e. The second-order valence-corrected chi connectivity index (χ2v) is 8.30. The Balaban J connectivity index is 1.79. The van der Waals surface area contributed by atoms with Crippen LogP contribution >= 0.6 is 24.0 Å². The molecule has 0 bridgehead atoms. The van der Waals surface area contributed by atoms with E-state index in [2.05, 4.69) is 0 Å². The van der Waals surface area contributed by atoms with Crippen molar-refractivity contribution in [1.82, 2.24) is 4.90 Å². The van der Waals surface area contributed by atoms with Crippen molar-refractivity contribution < 1.29 is 9.59 Å². The number of hydrogen-bond donors (Lipinski definition) is 0. The van der Waals surface area contributed by atoms with E-state index in [9.17, 15) is 9.59 Å². The number of carbonyl (C=O) groups excluding carboxylic acids is 2. The lowest BCUT2D eigenvalue weighted by Crippen LogP contribution is -2.37. The number of amides is 2. The highest BCUT2D eigenvalue weighted by Crippen LogP contribution is 2.45. The third-order valence-corrected chi connectivity index (χ3v) is 6.49. The highest BCUT2D eigenvalue weighted by atomic mass is 32.2. The summed E-state index contributed by atoms with van der Waals surface area (Å²) in [6.07, 6.45) is 5.15.